The maximum Gasteiger partial charge on any atom is 0.344 e. The first kappa shape index (κ1) is 17.0. The average Bonchev–Trinajstić information content (AvgIpc) is 2.63. The van der Waals surface area contributed by atoms with Gasteiger partial charge in [-0.15, -0.1) is 0 Å². The lowest BCUT2D eigenvalue weighted by Crippen LogP contribution is -2.31. The fraction of sp³-hybridized carbons (Fsp3) is 0.238. The molecular weight excluding hydrogens is 312 g/mol. The van der Waals surface area contributed by atoms with Crippen LogP contribution in [0.2, 0.25) is 0 Å². The molecule has 0 radical (unpaired) electrons. The molecule has 0 unspecified atom stereocenters. The number of pyridine rings is 1. The van der Waals surface area contributed by atoms with Gasteiger partial charge in [0.2, 0.25) is 0 Å². The lowest BCUT2D eigenvalue weighted by atomic mass is 10.1. The summed E-state index contributed by atoms with van der Waals surface area (Å²) in [6.07, 6.45) is 5.70. The molecule has 4 heteroatoms. The molecule has 0 aliphatic heterocycles. The molecule has 2 heterocycles. The van der Waals surface area contributed by atoms with E-state index in [0.29, 0.717) is 11.1 Å². The topological polar surface area (TPSA) is 37.3 Å². The lowest BCUT2D eigenvalue weighted by Gasteiger charge is -2.21. The number of nitrogens with zero attached hydrogens (tertiary/aromatic N) is 2. The Morgan fingerprint density at radius 1 is 1.12 bits per heavy atom. The fourth-order valence-corrected chi connectivity index (χ4v) is 2.99. The van der Waals surface area contributed by atoms with Gasteiger partial charge in [0.25, 0.3) is 0 Å². The molecule has 0 saturated heterocycles. The zero-order valence-electron chi connectivity index (χ0n) is 14.7. The van der Waals surface area contributed by atoms with Gasteiger partial charge in [0.15, 0.2) is 18.9 Å². The first-order valence-corrected chi connectivity index (χ1v) is 8.59. The summed E-state index contributed by atoms with van der Waals surface area (Å²) in [5.74, 6) is 0. The summed E-state index contributed by atoms with van der Waals surface area (Å²) in [7, 11) is 0. The largest absolute Gasteiger partial charge is 0.422 e. The van der Waals surface area contributed by atoms with Crippen LogP contribution in [0.3, 0.4) is 0 Å². The molecule has 0 aliphatic rings. The highest BCUT2D eigenvalue weighted by molar-refractivity contribution is 5.84. The van der Waals surface area contributed by atoms with E-state index in [2.05, 4.69) is 31.4 Å². The Labute approximate surface area is 147 Å². The smallest absolute Gasteiger partial charge is 0.344 e. The number of rotatable bonds is 6. The van der Waals surface area contributed by atoms with Crippen molar-refractivity contribution in [2.24, 2.45) is 0 Å². The van der Waals surface area contributed by atoms with Crippen molar-refractivity contribution in [2.75, 3.05) is 18.0 Å². The summed E-state index contributed by atoms with van der Waals surface area (Å²) < 4.78 is 7.60. The molecule has 3 aromatic rings. The van der Waals surface area contributed by atoms with Gasteiger partial charge in [0.05, 0.1) is 5.56 Å². The number of hydrogen-bond acceptors (Lipinski definition) is 3. The second-order valence-electron chi connectivity index (χ2n) is 5.91. The van der Waals surface area contributed by atoms with Crippen molar-refractivity contribution in [3.05, 3.63) is 71.9 Å². The Kier molecular flexibility index (Phi) is 4.98. The molecule has 0 saturated carbocycles. The molecule has 3 rings (SSSR count). The predicted octanol–water partition coefficient (Wildman–Crippen LogP) is 3.78. The van der Waals surface area contributed by atoms with Gasteiger partial charge in [-0.3, -0.25) is 0 Å². The van der Waals surface area contributed by atoms with Gasteiger partial charge in [-0.1, -0.05) is 6.58 Å². The van der Waals surface area contributed by atoms with Gasteiger partial charge < -0.3 is 9.32 Å². The molecule has 1 aromatic carbocycles. The summed E-state index contributed by atoms with van der Waals surface area (Å²) in [5, 5.41) is 0.924. The second-order valence-corrected chi connectivity index (χ2v) is 5.91. The van der Waals surface area contributed by atoms with E-state index in [4.69, 9.17) is 4.42 Å². The van der Waals surface area contributed by atoms with Crippen LogP contribution in [-0.4, -0.2) is 13.1 Å². The molecule has 0 amide bonds. The lowest BCUT2D eigenvalue weighted by molar-refractivity contribution is -0.686. The highest BCUT2D eigenvalue weighted by Gasteiger charge is 2.11. The third-order valence-electron chi connectivity index (χ3n) is 4.39. The van der Waals surface area contributed by atoms with E-state index in [0.717, 1.165) is 36.3 Å². The standard InChI is InChI=1S/C21H23N2O2/c1-4-11-22-12-9-16(10-13-22)19-14-17-7-8-18(23(5-2)6-3)15-20(17)25-21(19)24/h4,7-10,12-15H,1,5-6,11H2,2-3H3/q+1. The van der Waals surface area contributed by atoms with Gasteiger partial charge in [-0.2, -0.15) is 0 Å². The third kappa shape index (κ3) is 3.48. The Bertz CT molecular complexity index is 938. The summed E-state index contributed by atoms with van der Waals surface area (Å²) in [5.41, 5.74) is 2.80. The Hall–Kier alpha value is -2.88. The molecule has 128 valence electrons. The van der Waals surface area contributed by atoms with Crippen molar-refractivity contribution in [3.63, 3.8) is 0 Å². The molecule has 0 fully saturated rings. The molecular formula is C21H23N2O2+. The van der Waals surface area contributed by atoms with E-state index in [1.807, 2.05) is 53.4 Å². The highest BCUT2D eigenvalue weighted by atomic mass is 16.4. The Morgan fingerprint density at radius 2 is 1.84 bits per heavy atom. The maximum atomic E-state index is 12.5. The fourth-order valence-electron chi connectivity index (χ4n) is 2.99. The number of allylic oxidation sites excluding steroid dienone is 1. The second kappa shape index (κ2) is 7.34. The summed E-state index contributed by atoms with van der Waals surface area (Å²) in [6.45, 7) is 10.5. The summed E-state index contributed by atoms with van der Waals surface area (Å²) in [6, 6.07) is 11.8. The Balaban J connectivity index is 2.03. The van der Waals surface area contributed by atoms with E-state index in [1.54, 1.807) is 0 Å². The van der Waals surface area contributed by atoms with Crippen molar-refractivity contribution in [2.45, 2.75) is 20.4 Å². The first-order valence-electron chi connectivity index (χ1n) is 8.59. The molecule has 0 bridgehead atoms. The minimum atomic E-state index is -0.314. The summed E-state index contributed by atoms with van der Waals surface area (Å²) in [4.78, 5) is 14.7. The highest BCUT2D eigenvalue weighted by Crippen LogP contribution is 2.24. The summed E-state index contributed by atoms with van der Waals surface area (Å²) >= 11 is 0. The number of fused-ring (bicyclic) bond motifs is 1. The van der Waals surface area contributed by atoms with Crippen LogP contribution in [0.4, 0.5) is 5.69 Å². The minimum absolute atomic E-state index is 0.314. The van der Waals surface area contributed by atoms with E-state index in [9.17, 15) is 4.79 Å². The van der Waals surface area contributed by atoms with E-state index < -0.39 is 0 Å². The number of benzene rings is 1. The van der Waals surface area contributed by atoms with E-state index in [-0.39, 0.29) is 5.63 Å². The molecule has 4 nitrogen and oxygen atoms in total. The third-order valence-corrected chi connectivity index (χ3v) is 4.39. The normalized spacial score (nSPS) is 10.8. The van der Waals surface area contributed by atoms with Crippen molar-refractivity contribution >= 4 is 16.7 Å². The molecule has 0 N–H and O–H groups in total. The minimum Gasteiger partial charge on any atom is -0.422 e. The molecule has 2 aromatic heterocycles. The van der Waals surface area contributed by atoms with Crippen LogP contribution in [0.5, 0.6) is 0 Å². The number of anilines is 1. The molecule has 25 heavy (non-hydrogen) atoms. The van der Waals surface area contributed by atoms with Gasteiger partial charge in [0.1, 0.15) is 5.58 Å². The van der Waals surface area contributed by atoms with Gasteiger partial charge in [-0.25, -0.2) is 9.36 Å². The predicted molar refractivity (Wildman–Crippen MR) is 102 cm³/mol. The van der Waals surface area contributed by atoms with Crippen molar-refractivity contribution in [1.82, 2.24) is 0 Å². The maximum absolute atomic E-state index is 12.5. The van der Waals surface area contributed by atoms with Crippen molar-refractivity contribution < 1.29 is 8.98 Å². The van der Waals surface area contributed by atoms with Gasteiger partial charge in [-0.05, 0) is 38.1 Å². The quantitative estimate of drug-likeness (QED) is 0.391. The van der Waals surface area contributed by atoms with Gasteiger partial charge in [0, 0.05) is 47.9 Å². The van der Waals surface area contributed by atoms with Crippen LogP contribution in [0.1, 0.15) is 13.8 Å². The van der Waals surface area contributed by atoms with Crippen LogP contribution in [0.25, 0.3) is 22.1 Å². The van der Waals surface area contributed by atoms with Crippen LogP contribution in [0.15, 0.2) is 70.7 Å². The van der Waals surface area contributed by atoms with Crippen molar-refractivity contribution in [3.8, 4) is 11.1 Å². The van der Waals surface area contributed by atoms with Crippen molar-refractivity contribution in [1.29, 1.82) is 0 Å². The number of hydrogen-bond donors (Lipinski definition) is 0. The monoisotopic (exact) mass is 335 g/mol. The first-order chi connectivity index (χ1) is 12.2. The molecule has 0 atom stereocenters. The van der Waals surface area contributed by atoms with Crippen LogP contribution in [0, 0.1) is 0 Å². The van der Waals surface area contributed by atoms with E-state index in [1.165, 1.54) is 0 Å². The van der Waals surface area contributed by atoms with Crippen LogP contribution >= 0.6 is 0 Å². The van der Waals surface area contributed by atoms with Crippen LogP contribution < -0.4 is 15.1 Å². The SMILES string of the molecule is C=CC[n+]1ccc(-c2cc3ccc(N(CC)CC)cc3oc2=O)cc1. The zero-order valence-corrected chi connectivity index (χ0v) is 14.7. The average molecular weight is 335 g/mol. The number of aromatic nitrogens is 1. The Morgan fingerprint density at radius 3 is 2.48 bits per heavy atom. The van der Waals surface area contributed by atoms with Gasteiger partial charge >= 0.3 is 5.63 Å². The molecule has 0 aliphatic carbocycles. The van der Waals surface area contributed by atoms with Crippen LogP contribution in [-0.2, 0) is 6.54 Å². The van der Waals surface area contributed by atoms with E-state index >= 15 is 0 Å². The molecule has 0 spiro atoms. The zero-order chi connectivity index (χ0) is 17.8.